The van der Waals surface area contributed by atoms with Crippen LogP contribution in [0.15, 0.2) is 12.1 Å². The Morgan fingerprint density at radius 2 is 2.15 bits per heavy atom. The van der Waals surface area contributed by atoms with Crippen LogP contribution in [0.4, 0.5) is 4.39 Å². The van der Waals surface area contributed by atoms with Crippen molar-refractivity contribution >= 4 is 0 Å². The first-order chi connectivity index (χ1) is 6.16. The molecule has 0 bridgehead atoms. The van der Waals surface area contributed by atoms with Crippen LogP contribution in [-0.4, -0.2) is 11.7 Å². The van der Waals surface area contributed by atoms with Gasteiger partial charge in [0.25, 0.3) is 0 Å². The van der Waals surface area contributed by atoms with E-state index < -0.39 is 5.82 Å². The van der Waals surface area contributed by atoms with Crippen molar-refractivity contribution in [3.8, 4) is 5.75 Å². The van der Waals surface area contributed by atoms with Gasteiger partial charge in [-0.2, -0.15) is 0 Å². The van der Waals surface area contributed by atoms with Crippen LogP contribution < -0.4 is 5.73 Å². The van der Waals surface area contributed by atoms with Gasteiger partial charge in [0.1, 0.15) is 0 Å². The number of halogens is 1. The zero-order valence-corrected chi connectivity index (χ0v) is 7.68. The number of aromatic hydroxyl groups is 1. The standard InChI is InChI=1S/C10H14FNO/c1-7-4-5-9(11)10(13)8(7)3-2-6-12/h4-5,13H,2-3,6,12H2,1H3. The summed E-state index contributed by atoms with van der Waals surface area (Å²) in [6, 6.07) is 2.94. The van der Waals surface area contributed by atoms with E-state index in [0.29, 0.717) is 18.5 Å². The number of rotatable bonds is 3. The molecule has 13 heavy (non-hydrogen) atoms. The Labute approximate surface area is 77.2 Å². The summed E-state index contributed by atoms with van der Waals surface area (Å²) in [5.41, 5.74) is 6.92. The minimum atomic E-state index is -0.558. The lowest BCUT2D eigenvalue weighted by Gasteiger charge is -2.07. The Hall–Kier alpha value is -1.09. The Morgan fingerprint density at radius 1 is 1.46 bits per heavy atom. The van der Waals surface area contributed by atoms with Crippen LogP contribution in [0.2, 0.25) is 0 Å². The van der Waals surface area contributed by atoms with Crippen molar-refractivity contribution in [3.63, 3.8) is 0 Å². The molecular formula is C10H14FNO. The second-order valence-electron chi connectivity index (χ2n) is 3.08. The highest BCUT2D eigenvalue weighted by atomic mass is 19.1. The van der Waals surface area contributed by atoms with Crippen LogP contribution in [0.5, 0.6) is 5.75 Å². The van der Waals surface area contributed by atoms with Crippen molar-refractivity contribution in [1.82, 2.24) is 0 Å². The summed E-state index contributed by atoms with van der Waals surface area (Å²) >= 11 is 0. The maximum absolute atomic E-state index is 12.9. The predicted molar refractivity (Wildman–Crippen MR) is 50.2 cm³/mol. The fraction of sp³-hybridized carbons (Fsp3) is 0.400. The molecule has 0 aliphatic carbocycles. The molecule has 0 unspecified atom stereocenters. The third-order valence-corrected chi connectivity index (χ3v) is 2.10. The molecule has 2 nitrogen and oxygen atoms in total. The number of nitrogens with two attached hydrogens (primary N) is 1. The molecule has 0 saturated heterocycles. The lowest BCUT2D eigenvalue weighted by Crippen LogP contribution is -2.02. The summed E-state index contributed by atoms with van der Waals surface area (Å²) in [6.07, 6.45) is 1.39. The fourth-order valence-electron chi connectivity index (χ4n) is 1.30. The first kappa shape index (κ1) is 9.99. The Bertz CT molecular complexity index is 299. The molecule has 1 rings (SSSR count). The molecule has 0 atom stereocenters. The van der Waals surface area contributed by atoms with E-state index in [-0.39, 0.29) is 5.75 Å². The molecule has 72 valence electrons. The molecule has 0 radical (unpaired) electrons. The van der Waals surface area contributed by atoms with Crippen molar-refractivity contribution in [2.75, 3.05) is 6.54 Å². The second kappa shape index (κ2) is 4.23. The van der Waals surface area contributed by atoms with Crippen molar-refractivity contribution in [1.29, 1.82) is 0 Å². The number of phenolic OH excluding ortho intramolecular Hbond substituents is 1. The number of hydrogen-bond acceptors (Lipinski definition) is 2. The molecule has 0 spiro atoms. The minimum Gasteiger partial charge on any atom is -0.505 e. The van der Waals surface area contributed by atoms with E-state index in [0.717, 1.165) is 12.0 Å². The van der Waals surface area contributed by atoms with Gasteiger partial charge < -0.3 is 10.8 Å². The quantitative estimate of drug-likeness (QED) is 0.749. The van der Waals surface area contributed by atoms with E-state index >= 15 is 0 Å². The molecule has 0 heterocycles. The van der Waals surface area contributed by atoms with Gasteiger partial charge in [-0.3, -0.25) is 0 Å². The maximum Gasteiger partial charge on any atom is 0.165 e. The first-order valence-corrected chi connectivity index (χ1v) is 4.34. The van der Waals surface area contributed by atoms with Crippen molar-refractivity contribution < 1.29 is 9.50 Å². The molecule has 0 aliphatic heterocycles. The van der Waals surface area contributed by atoms with Crippen LogP contribution in [0, 0.1) is 12.7 Å². The van der Waals surface area contributed by atoms with Gasteiger partial charge in [0, 0.05) is 0 Å². The molecule has 0 fully saturated rings. The highest BCUT2D eigenvalue weighted by molar-refractivity contribution is 5.39. The van der Waals surface area contributed by atoms with Gasteiger partial charge in [0.15, 0.2) is 11.6 Å². The van der Waals surface area contributed by atoms with Crippen LogP contribution in [-0.2, 0) is 6.42 Å². The summed E-state index contributed by atoms with van der Waals surface area (Å²) in [4.78, 5) is 0. The van der Waals surface area contributed by atoms with E-state index in [1.165, 1.54) is 6.07 Å². The van der Waals surface area contributed by atoms with Crippen molar-refractivity contribution in [2.24, 2.45) is 5.73 Å². The van der Waals surface area contributed by atoms with E-state index in [4.69, 9.17) is 5.73 Å². The molecule has 0 amide bonds. The number of phenols is 1. The van der Waals surface area contributed by atoms with Crippen LogP contribution >= 0.6 is 0 Å². The summed E-state index contributed by atoms with van der Waals surface area (Å²) in [7, 11) is 0. The first-order valence-electron chi connectivity index (χ1n) is 4.34. The Kier molecular flexibility index (Phi) is 3.25. The molecule has 3 N–H and O–H groups in total. The van der Waals surface area contributed by atoms with E-state index in [2.05, 4.69) is 0 Å². The predicted octanol–water partition coefficient (Wildman–Crippen LogP) is 1.73. The number of aryl methyl sites for hydroxylation is 1. The van der Waals surface area contributed by atoms with E-state index in [1.54, 1.807) is 6.07 Å². The van der Waals surface area contributed by atoms with E-state index in [9.17, 15) is 9.50 Å². The number of benzene rings is 1. The normalized spacial score (nSPS) is 10.4. The molecule has 0 aliphatic rings. The fourth-order valence-corrected chi connectivity index (χ4v) is 1.30. The van der Waals surface area contributed by atoms with Crippen molar-refractivity contribution in [2.45, 2.75) is 19.8 Å². The highest BCUT2D eigenvalue weighted by Crippen LogP contribution is 2.25. The summed E-state index contributed by atoms with van der Waals surface area (Å²) in [5.74, 6) is -0.786. The van der Waals surface area contributed by atoms with Gasteiger partial charge in [-0.15, -0.1) is 0 Å². The SMILES string of the molecule is Cc1ccc(F)c(O)c1CCCN. The van der Waals surface area contributed by atoms with Gasteiger partial charge in [0.05, 0.1) is 0 Å². The highest BCUT2D eigenvalue weighted by Gasteiger charge is 2.08. The molecule has 1 aromatic rings. The molecule has 1 aromatic carbocycles. The van der Waals surface area contributed by atoms with Crippen LogP contribution in [0.25, 0.3) is 0 Å². The van der Waals surface area contributed by atoms with Gasteiger partial charge in [-0.1, -0.05) is 6.07 Å². The van der Waals surface area contributed by atoms with E-state index in [1.807, 2.05) is 6.92 Å². The summed E-state index contributed by atoms with van der Waals surface area (Å²) < 4.78 is 12.9. The summed E-state index contributed by atoms with van der Waals surface area (Å²) in [5, 5.41) is 9.39. The lowest BCUT2D eigenvalue weighted by atomic mass is 10.0. The molecule has 0 saturated carbocycles. The Balaban J connectivity index is 2.96. The molecular weight excluding hydrogens is 169 g/mol. The maximum atomic E-state index is 12.9. The lowest BCUT2D eigenvalue weighted by molar-refractivity contribution is 0.424. The molecule has 0 aromatic heterocycles. The molecule has 3 heteroatoms. The van der Waals surface area contributed by atoms with Crippen molar-refractivity contribution in [3.05, 3.63) is 29.1 Å². The monoisotopic (exact) mass is 183 g/mol. The van der Waals surface area contributed by atoms with Gasteiger partial charge in [0.2, 0.25) is 0 Å². The van der Waals surface area contributed by atoms with Crippen LogP contribution in [0.1, 0.15) is 17.5 Å². The summed E-state index contributed by atoms with van der Waals surface area (Å²) in [6.45, 7) is 2.40. The van der Waals surface area contributed by atoms with Gasteiger partial charge >= 0.3 is 0 Å². The smallest absolute Gasteiger partial charge is 0.165 e. The van der Waals surface area contributed by atoms with Crippen LogP contribution in [0.3, 0.4) is 0 Å². The third kappa shape index (κ3) is 2.18. The topological polar surface area (TPSA) is 46.2 Å². The zero-order chi connectivity index (χ0) is 9.84. The average Bonchev–Trinajstić information content (AvgIpc) is 2.12. The van der Waals surface area contributed by atoms with Gasteiger partial charge in [-0.05, 0) is 43.5 Å². The zero-order valence-electron chi connectivity index (χ0n) is 7.68. The Morgan fingerprint density at radius 3 is 2.77 bits per heavy atom. The third-order valence-electron chi connectivity index (χ3n) is 2.10. The average molecular weight is 183 g/mol. The minimum absolute atomic E-state index is 0.228. The second-order valence-corrected chi connectivity index (χ2v) is 3.08. The van der Waals surface area contributed by atoms with Gasteiger partial charge in [-0.25, -0.2) is 4.39 Å². The largest absolute Gasteiger partial charge is 0.505 e. The number of hydrogen-bond donors (Lipinski definition) is 2.